The van der Waals surface area contributed by atoms with E-state index in [0.717, 1.165) is 22.9 Å². The molecule has 216 valence electrons. The molecule has 0 aromatic heterocycles. The number of hydrogen-bond acceptors (Lipinski definition) is 10. The molecule has 0 heterocycles. The molecule has 0 saturated carbocycles. The smallest absolute Gasteiger partial charge is 0.338 e. The predicted octanol–water partition coefficient (Wildman–Crippen LogP) is 3.76. The molecule has 3 aromatic carbocycles. The summed E-state index contributed by atoms with van der Waals surface area (Å²) in [5, 5.41) is 0. The molecule has 0 radical (unpaired) electrons. The molecular weight excluding hydrogens is 552 g/mol. The lowest BCUT2D eigenvalue weighted by atomic mass is 10.1. The van der Waals surface area contributed by atoms with Gasteiger partial charge in [0.2, 0.25) is 0 Å². The highest BCUT2D eigenvalue weighted by Crippen LogP contribution is 2.19. The third-order valence-electron chi connectivity index (χ3n) is 5.85. The maximum Gasteiger partial charge on any atom is 0.338 e. The lowest BCUT2D eigenvalue weighted by molar-refractivity contribution is -0.128. The van der Waals surface area contributed by atoms with Crippen molar-refractivity contribution in [3.8, 4) is 0 Å². The molecule has 0 saturated heterocycles. The van der Waals surface area contributed by atoms with Crippen LogP contribution in [0.2, 0.25) is 0 Å². The van der Waals surface area contributed by atoms with Crippen LogP contribution in [0.3, 0.4) is 0 Å². The number of aryl methyl sites for hydroxylation is 3. The van der Waals surface area contributed by atoms with E-state index in [9.17, 15) is 27.6 Å². The number of benzene rings is 3. The first-order valence-electron chi connectivity index (χ1n) is 12.5. The number of carbonyl (C=O) groups excluding carboxylic acids is 4. The molecule has 0 bridgehead atoms. The van der Waals surface area contributed by atoms with Crippen LogP contribution in [0.5, 0.6) is 0 Å². The van der Waals surface area contributed by atoms with Gasteiger partial charge in [-0.1, -0.05) is 53.1 Å². The predicted molar refractivity (Wildman–Crippen MR) is 148 cm³/mol. The van der Waals surface area contributed by atoms with Crippen molar-refractivity contribution in [2.24, 2.45) is 0 Å². The average molecular weight is 583 g/mol. The summed E-state index contributed by atoms with van der Waals surface area (Å²) < 4.78 is 45.6. The molecule has 11 heteroatoms. The molecule has 3 rings (SSSR count). The van der Waals surface area contributed by atoms with Crippen LogP contribution in [0.4, 0.5) is 0 Å². The highest BCUT2D eigenvalue weighted by Gasteiger charge is 2.40. The summed E-state index contributed by atoms with van der Waals surface area (Å²) in [6.07, 6.45) is -4.50. The van der Waals surface area contributed by atoms with E-state index in [2.05, 4.69) is 0 Å². The second kappa shape index (κ2) is 13.8. The van der Waals surface area contributed by atoms with E-state index in [4.69, 9.17) is 18.4 Å². The molecule has 41 heavy (non-hydrogen) atoms. The van der Waals surface area contributed by atoms with Gasteiger partial charge in [-0.25, -0.2) is 14.4 Å². The summed E-state index contributed by atoms with van der Waals surface area (Å²) in [5.74, 6) is -2.72. The molecule has 0 fully saturated rings. The minimum absolute atomic E-state index is 0.0739. The first-order chi connectivity index (χ1) is 19.4. The number of rotatable bonds is 12. The third kappa shape index (κ3) is 9.37. The van der Waals surface area contributed by atoms with Crippen molar-refractivity contribution in [1.82, 2.24) is 0 Å². The van der Waals surface area contributed by atoms with Gasteiger partial charge >= 0.3 is 17.9 Å². The lowest BCUT2D eigenvalue weighted by Gasteiger charge is -2.29. The Morgan fingerprint density at radius 1 is 0.683 bits per heavy atom. The van der Waals surface area contributed by atoms with Crippen LogP contribution in [0.25, 0.3) is 0 Å². The highest BCUT2D eigenvalue weighted by molar-refractivity contribution is 7.86. The summed E-state index contributed by atoms with van der Waals surface area (Å²) in [7, 11) is -4.26. The Balaban J connectivity index is 1.94. The van der Waals surface area contributed by atoms with Gasteiger partial charge in [-0.2, -0.15) is 8.42 Å². The zero-order chi connectivity index (χ0) is 30.2. The topological polar surface area (TPSA) is 139 Å². The largest absolute Gasteiger partial charge is 0.459 e. The normalized spacial score (nSPS) is 13.4. The lowest BCUT2D eigenvalue weighted by Crippen LogP contribution is -2.48. The molecule has 0 aliphatic heterocycles. The van der Waals surface area contributed by atoms with Crippen LogP contribution < -0.4 is 0 Å². The Kier molecular flexibility index (Phi) is 10.5. The van der Waals surface area contributed by atoms with Crippen molar-refractivity contribution in [2.45, 2.75) is 39.1 Å². The van der Waals surface area contributed by atoms with E-state index in [1.54, 1.807) is 36.4 Å². The second-order valence-electron chi connectivity index (χ2n) is 9.41. The SMILES string of the molecule is Cc1ccc(C(=O)OC[C@@H](OS(C)(=O)=O)[C@@H](OC(=O)c2ccc(C)cc2)[C@@H](C=O)OC(=O)c2ccc(C)cc2)cc1. The summed E-state index contributed by atoms with van der Waals surface area (Å²) in [5.41, 5.74) is 2.96. The minimum atomic E-state index is -4.26. The van der Waals surface area contributed by atoms with Gasteiger partial charge in [0.15, 0.2) is 24.6 Å². The van der Waals surface area contributed by atoms with Gasteiger partial charge < -0.3 is 14.2 Å². The summed E-state index contributed by atoms with van der Waals surface area (Å²) in [6, 6.07) is 18.9. The molecule has 0 aliphatic carbocycles. The third-order valence-corrected chi connectivity index (χ3v) is 6.45. The Morgan fingerprint density at radius 3 is 1.46 bits per heavy atom. The Bertz CT molecular complexity index is 1480. The second-order valence-corrected chi connectivity index (χ2v) is 11.0. The van der Waals surface area contributed by atoms with Crippen molar-refractivity contribution in [3.05, 3.63) is 106 Å². The maximum atomic E-state index is 13.1. The van der Waals surface area contributed by atoms with Crippen LogP contribution >= 0.6 is 0 Å². The van der Waals surface area contributed by atoms with Crippen LogP contribution in [0, 0.1) is 20.8 Å². The van der Waals surface area contributed by atoms with Crippen molar-refractivity contribution in [1.29, 1.82) is 0 Å². The monoisotopic (exact) mass is 582 g/mol. The zero-order valence-electron chi connectivity index (χ0n) is 22.9. The summed E-state index contributed by atoms with van der Waals surface area (Å²) in [6.45, 7) is 4.69. The molecule has 0 amide bonds. The fourth-order valence-electron chi connectivity index (χ4n) is 3.62. The fourth-order valence-corrected chi connectivity index (χ4v) is 4.24. The molecule has 3 aromatic rings. The van der Waals surface area contributed by atoms with Gasteiger partial charge in [0.25, 0.3) is 10.1 Å². The number of carbonyl (C=O) groups is 4. The first kappa shape index (κ1) is 31.2. The molecule has 0 aliphatic rings. The van der Waals surface area contributed by atoms with E-state index in [-0.39, 0.29) is 23.0 Å². The van der Waals surface area contributed by atoms with Gasteiger partial charge in [0.05, 0.1) is 22.9 Å². The molecule has 10 nitrogen and oxygen atoms in total. The average Bonchev–Trinajstić information content (AvgIpc) is 2.93. The quantitative estimate of drug-likeness (QED) is 0.134. The van der Waals surface area contributed by atoms with Crippen LogP contribution in [0.1, 0.15) is 47.8 Å². The van der Waals surface area contributed by atoms with E-state index in [1.807, 2.05) is 20.8 Å². The Labute approximate surface area is 238 Å². The molecule has 0 N–H and O–H groups in total. The Hall–Kier alpha value is -4.35. The number of hydrogen-bond donors (Lipinski definition) is 0. The van der Waals surface area contributed by atoms with Crippen LogP contribution in [-0.2, 0) is 33.3 Å². The highest BCUT2D eigenvalue weighted by atomic mass is 32.2. The van der Waals surface area contributed by atoms with Crippen LogP contribution in [-0.4, -0.2) is 63.8 Å². The van der Waals surface area contributed by atoms with Crippen molar-refractivity contribution in [3.63, 3.8) is 0 Å². The van der Waals surface area contributed by atoms with Gasteiger partial charge in [-0.05, 0) is 57.2 Å². The van der Waals surface area contributed by atoms with Crippen molar-refractivity contribution < 1.29 is 46.0 Å². The number of aldehydes is 1. The molecule has 3 atom stereocenters. The summed E-state index contributed by atoms with van der Waals surface area (Å²) in [4.78, 5) is 50.8. The minimum Gasteiger partial charge on any atom is -0.459 e. The van der Waals surface area contributed by atoms with E-state index in [1.165, 1.54) is 36.4 Å². The van der Waals surface area contributed by atoms with Gasteiger partial charge in [-0.3, -0.25) is 8.98 Å². The molecule has 0 unspecified atom stereocenters. The van der Waals surface area contributed by atoms with Crippen LogP contribution in [0.15, 0.2) is 72.8 Å². The zero-order valence-corrected chi connectivity index (χ0v) is 23.8. The van der Waals surface area contributed by atoms with E-state index in [0.29, 0.717) is 0 Å². The molecule has 0 spiro atoms. The number of esters is 3. The van der Waals surface area contributed by atoms with Crippen molar-refractivity contribution in [2.75, 3.05) is 12.9 Å². The Morgan fingerprint density at radius 2 is 1.07 bits per heavy atom. The first-order valence-corrected chi connectivity index (χ1v) is 14.3. The van der Waals surface area contributed by atoms with E-state index < -0.39 is 52.9 Å². The van der Waals surface area contributed by atoms with E-state index >= 15 is 0 Å². The van der Waals surface area contributed by atoms with Gasteiger partial charge in [-0.15, -0.1) is 0 Å². The van der Waals surface area contributed by atoms with Gasteiger partial charge in [0.1, 0.15) is 6.61 Å². The maximum absolute atomic E-state index is 13.1. The molecular formula is C30H30O10S. The van der Waals surface area contributed by atoms with Crippen molar-refractivity contribution >= 4 is 34.3 Å². The fraction of sp³-hybridized carbons (Fsp3) is 0.267. The summed E-state index contributed by atoms with van der Waals surface area (Å²) >= 11 is 0. The van der Waals surface area contributed by atoms with Gasteiger partial charge in [0, 0.05) is 0 Å². The number of ether oxygens (including phenoxy) is 3. The standard InChI is InChI=1S/C30H30O10S/c1-19-5-11-22(12-6-19)28(32)37-18-26(40-41(4,35)36)27(39-30(34)24-15-9-21(3)10-16-24)25(17-31)38-29(33)23-13-7-20(2)8-14-23/h5-17,25-27H,18H2,1-4H3/t25-,26-,27+/m1/s1.